The molecular weight excluding hydrogens is 685 g/mol. The van der Waals surface area contributed by atoms with Gasteiger partial charge >= 0.3 is 38.0 Å². The van der Waals surface area contributed by atoms with Gasteiger partial charge in [0.15, 0.2) is 0 Å². The SMILES string of the molecule is CP(=O)(O)OCCO/N=C/c1ccc(OCCOP(=O)(O)CN(CCN(CP(=O)(O)O)CP(=O)(O)O)CP(=O)(O)O)cc1. The quantitative estimate of drug-likeness (QED) is 0.0348. The maximum atomic E-state index is 12.5. The fourth-order valence-corrected chi connectivity index (χ4v) is 7.32. The summed E-state index contributed by atoms with van der Waals surface area (Å²) in [5.41, 5.74) is 0.609. The van der Waals surface area contributed by atoms with Crippen molar-refractivity contribution < 1.29 is 80.6 Å². The lowest BCUT2D eigenvalue weighted by molar-refractivity contribution is 0.104. The summed E-state index contributed by atoms with van der Waals surface area (Å²) in [6.07, 6.45) is -2.74. The van der Waals surface area contributed by atoms with Crippen molar-refractivity contribution in [2.24, 2.45) is 5.16 Å². The van der Waals surface area contributed by atoms with Gasteiger partial charge < -0.3 is 57.8 Å². The van der Waals surface area contributed by atoms with E-state index in [1.54, 1.807) is 24.3 Å². The molecule has 0 aliphatic rings. The van der Waals surface area contributed by atoms with Crippen LogP contribution in [0.2, 0.25) is 0 Å². The highest BCUT2D eigenvalue weighted by atomic mass is 31.2. The lowest BCUT2D eigenvalue weighted by atomic mass is 10.2. The first-order valence-corrected chi connectivity index (χ1v) is 21.1. The Balaban J connectivity index is 2.61. The first-order valence-electron chi connectivity index (χ1n) is 11.9. The summed E-state index contributed by atoms with van der Waals surface area (Å²) in [5.74, 6) is 0.350. The zero-order valence-corrected chi connectivity index (χ0v) is 27.3. The van der Waals surface area contributed by atoms with E-state index in [0.29, 0.717) is 16.2 Å². The fourth-order valence-electron chi connectivity index (χ4n) is 3.11. The lowest BCUT2D eigenvalue weighted by Gasteiger charge is -2.29. The van der Waals surface area contributed by atoms with E-state index in [1.807, 2.05) is 0 Å². The molecule has 1 rings (SSSR count). The van der Waals surface area contributed by atoms with Gasteiger partial charge in [0.25, 0.3) is 0 Å². The molecule has 25 heteroatoms. The molecule has 0 saturated carbocycles. The van der Waals surface area contributed by atoms with Crippen LogP contribution in [0.4, 0.5) is 0 Å². The van der Waals surface area contributed by atoms with Crippen LogP contribution in [0, 0.1) is 0 Å². The Hall–Kier alpha value is -0.840. The Morgan fingerprint density at radius 3 is 1.60 bits per heavy atom. The van der Waals surface area contributed by atoms with E-state index in [-0.39, 0.29) is 19.8 Å². The molecule has 0 amide bonds. The van der Waals surface area contributed by atoms with E-state index in [2.05, 4.69) is 9.68 Å². The predicted octanol–water partition coefficient (Wildman–Crippen LogP) is 0.417. The summed E-state index contributed by atoms with van der Waals surface area (Å²) < 4.78 is 72.6. The third kappa shape index (κ3) is 23.2. The Kier molecular flexibility index (Phi) is 16.6. The molecule has 0 fully saturated rings. The highest BCUT2D eigenvalue weighted by molar-refractivity contribution is 7.53. The van der Waals surface area contributed by atoms with Gasteiger partial charge in [-0.05, 0) is 29.8 Å². The van der Waals surface area contributed by atoms with Crippen LogP contribution in [0.1, 0.15) is 5.56 Å². The molecule has 0 heterocycles. The van der Waals surface area contributed by atoms with Crippen molar-refractivity contribution in [3.63, 3.8) is 0 Å². The molecule has 0 aliphatic heterocycles. The third-order valence-corrected chi connectivity index (χ3v) is 8.88. The van der Waals surface area contributed by atoms with Gasteiger partial charge in [0.05, 0.1) is 19.4 Å². The summed E-state index contributed by atoms with van der Waals surface area (Å²) in [4.78, 5) is 80.8. The van der Waals surface area contributed by atoms with Gasteiger partial charge in [-0.2, -0.15) is 0 Å². The van der Waals surface area contributed by atoms with Crippen LogP contribution in [0.15, 0.2) is 29.4 Å². The number of nitrogens with zero attached hydrogens (tertiary/aromatic N) is 3. The third-order valence-electron chi connectivity index (χ3n) is 4.57. The molecule has 20 nitrogen and oxygen atoms in total. The Morgan fingerprint density at radius 2 is 1.14 bits per heavy atom. The van der Waals surface area contributed by atoms with E-state index >= 15 is 0 Å². The van der Waals surface area contributed by atoms with Crippen LogP contribution in [0.3, 0.4) is 0 Å². The van der Waals surface area contributed by atoms with Crippen molar-refractivity contribution in [3.8, 4) is 5.75 Å². The van der Waals surface area contributed by atoms with Crippen molar-refractivity contribution in [1.82, 2.24) is 9.80 Å². The van der Waals surface area contributed by atoms with E-state index in [4.69, 9.17) is 38.6 Å². The molecule has 0 saturated heterocycles. The topological polar surface area (TPSA) is 303 Å². The molecule has 1 aromatic rings. The van der Waals surface area contributed by atoms with Gasteiger partial charge in [-0.15, -0.1) is 0 Å². The first-order chi connectivity index (χ1) is 19.5. The van der Waals surface area contributed by atoms with Gasteiger partial charge in [0.1, 0.15) is 44.1 Å². The molecular formula is C18H36N3O17P5. The Labute approximate surface area is 246 Å². The van der Waals surface area contributed by atoms with Crippen molar-refractivity contribution in [2.45, 2.75) is 0 Å². The molecule has 43 heavy (non-hydrogen) atoms. The van der Waals surface area contributed by atoms with Crippen LogP contribution in [0.25, 0.3) is 0 Å². The zero-order valence-electron chi connectivity index (χ0n) is 22.8. The average Bonchev–Trinajstić information content (AvgIpc) is 2.79. The molecule has 0 aliphatic carbocycles. The van der Waals surface area contributed by atoms with E-state index in [0.717, 1.165) is 11.6 Å². The van der Waals surface area contributed by atoms with E-state index in [1.165, 1.54) is 6.21 Å². The van der Waals surface area contributed by atoms with E-state index in [9.17, 15) is 37.5 Å². The summed E-state index contributed by atoms with van der Waals surface area (Å²) in [7, 11) is -22.5. The maximum absolute atomic E-state index is 12.5. The molecule has 2 unspecified atom stereocenters. The minimum absolute atomic E-state index is 0.0481. The van der Waals surface area contributed by atoms with Gasteiger partial charge in [-0.3, -0.25) is 32.6 Å². The van der Waals surface area contributed by atoms with Gasteiger partial charge in [-0.1, -0.05) is 5.16 Å². The standard InChI is InChI=1S/C18H36N3O17P5/c1-39(22,23)37-11-9-36-19-12-17-2-4-18(5-3-17)35-8-10-38-43(33,34)16-21(15-42(30,31)32)7-6-20(13-40(24,25)26)14-41(27,28)29/h2-5,12H,6-11,13-16H2,1H3,(H,22,23)(H,33,34)(H2,24,25,26)(H2,27,28,29)(H2,30,31,32)/b19-12+. The number of ether oxygens (including phenoxy) is 1. The number of oxime groups is 1. The predicted molar refractivity (Wildman–Crippen MR) is 152 cm³/mol. The molecule has 1 aromatic carbocycles. The minimum atomic E-state index is -4.80. The van der Waals surface area contributed by atoms with Crippen molar-refractivity contribution in [2.75, 3.05) is 71.3 Å². The zero-order chi connectivity index (χ0) is 33.0. The first kappa shape index (κ1) is 40.2. The van der Waals surface area contributed by atoms with Crippen LogP contribution in [-0.2, 0) is 36.7 Å². The highest BCUT2D eigenvalue weighted by Gasteiger charge is 2.31. The largest absolute Gasteiger partial charge is 0.491 e. The number of hydrogen-bond acceptors (Lipinski definition) is 12. The van der Waals surface area contributed by atoms with Gasteiger partial charge in [0, 0.05) is 19.8 Å². The molecule has 0 bridgehead atoms. The Bertz CT molecular complexity index is 1230. The maximum Gasteiger partial charge on any atom is 0.342 e. The number of rotatable bonds is 22. The van der Waals surface area contributed by atoms with Gasteiger partial charge in [-0.25, -0.2) is 0 Å². The van der Waals surface area contributed by atoms with Crippen molar-refractivity contribution in [3.05, 3.63) is 29.8 Å². The molecule has 2 atom stereocenters. The minimum Gasteiger partial charge on any atom is -0.491 e. The summed E-state index contributed by atoms with van der Waals surface area (Å²) in [6.45, 7) is -0.789. The highest BCUT2D eigenvalue weighted by Crippen LogP contribution is 2.45. The summed E-state index contributed by atoms with van der Waals surface area (Å²) in [5, 5.41) is 3.67. The second kappa shape index (κ2) is 17.7. The number of benzene rings is 1. The molecule has 0 radical (unpaired) electrons. The van der Waals surface area contributed by atoms with Gasteiger partial charge in [0.2, 0.25) is 0 Å². The fraction of sp³-hybridized carbons (Fsp3) is 0.611. The Morgan fingerprint density at radius 1 is 0.674 bits per heavy atom. The van der Waals surface area contributed by atoms with Crippen LogP contribution < -0.4 is 4.74 Å². The van der Waals surface area contributed by atoms with Crippen LogP contribution in [0.5, 0.6) is 5.75 Å². The number of hydrogen-bond donors (Lipinski definition) is 8. The van der Waals surface area contributed by atoms with Crippen LogP contribution >= 0.6 is 38.0 Å². The van der Waals surface area contributed by atoms with Crippen molar-refractivity contribution >= 4 is 44.2 Å². The normalized spacial score (nSPS) is 16.0. The molecule has 8 N–H and O–H groups in total. The smallest absolute Gasteiger partial charge is 0.342 e. The summed E-state index contributed by atoms with van der Waals surface area (Å²) >= 11 is 0. The second-order valence-electron chi connectivity index (χ2n) is 8.94. The monoisotopic (exact) mass is 721 g/mol. The second-order valence-corrected chi connectivity index (χ2v) is 17.5. The molecule has 0 spiro atoms. The molecule has 250 valence electrons. The van der Waals surface area contributed by atoms with Crippen molar-refractivity contribution in [1.29, 1.82) is 0 Å². The van der Waals surface area contributed by atoms with Crippen LogP contribution in [-0.4, -0.2) is 126 Å². The molecule has 0 aromatic heterocycles. The average molecular weight is 721 g/mol. The lowest BCUT2D eigenvalue weighted by Crippen LogP contribution is -2.37. The van der Waals surface area contributed by atoms with E-state index < -0.39 is 82.8 Å². The summed E-state index contributed by atoms with van der Waals surface area (Å²) in [6, 6.07) is 6.30.